The summed E-state index contributed by atoms with van der Waals surface area (Å²) >= 11 is 7.27. The molecule has 1 aromatic rings. The summed E-state index contributed by atoms with van der Waals surface area (Å²) < 4.78 is 4.55. The van der Waals surface area contributed by atoms with E-state index in [1.165, 1.54) is 18.9 Å². The van der Waals surface area contributed by atoms with E-state index in [-0.39, 0.29) is 11.9 Å². The highest BCUT2D eigenvalue weighted by Gasteiger charge is 2.10. The maximum absolute atomic E-state index is 11.9. The molecule has 6 heteroatoms. The number of rotatable bonds is 7. The van der Waals surface area contributed by atoms with E-state index in [1.807, 2.05) is 12.1 Å². The number of ether oxygens (including phenoxy) is 1. The third kappa shape index (κ3) is 6.30. The highest BCUT2D eigenvalue weighted by Crippen LogP contribution is 2.20. The number of esters is 1. The molecule has 1 rings (SSSR count). The summed E-state index contributed by atoms with van der Waals surface area (Å²) in [7, 11) is 3.10. The van der Waals surface area contributed by atoms with Crippen LogP contribution < -0.4 is 0 Å². The molecule has 0 atom stereocenters. The Labute approximate surface area is 128 Å². The van der Waals surface area contributed by atoms with Crippen molar-refractivity contribution in [3.63, 3.8) is 0 Å². The van der Waals surface area contributed by atoms with Crippen LogP contribution in [0.5, 0.6) is 0 Å². The molecular weight excluding hydrogens is 298 g/mol. The van der Waals surface area contributed by atoms with Crippen molar-refractivity contribution in [1.82, 2.24) is 4.90 Å². The van der Waals surface area contributed by atoms with Gasteiger partial charge in [-0.2, -0.15) is 0 Å². The number of hydrogen-bond acceptors (Lipinski definition) is 4. The first kappa shape index (κ1) is 16.9. The minimum atomic E-state index is -0.249. The zero-order valence-electron chi connectivity index (χ0n) is 11.6. The predicted molar refractivity (Wildman–Crippen MR) is 81.1 cm³/mol. The van der Waals surface area contributed by atoms with Crippen molar-refractivity contribution in [2.45, 2.75) is 17.7 Å². The van der Waals surface area contributed by atoms with Crippen LogP contribution in [-0.2, 0) is 14.3 Å². The lowest BCUT2D eigenvalue weighted by atomic mass is 10.3. The van der Waals surface area contributed by atoms with Crippen molar-refractivity contribution >= 4 is 35.2 Å². The molecule has 1 amide bonds. The fourth-order valence-electron chi connectivity index (χ4n) is 1.47. The molecule has 0 aliphatic rings. The largest absolute Gasteiger partial charge is 0.469 e. The second kappa shape index (κ2) is 8.87. The van der Waals surface area contributed by atoms with Crippen LogP contribution in [0.15, 0.2) is 29.2 Å². The van der Waals surface area contributed by atoms with Crippen molar-refractivity contribution in [2.24, 2.45) is 0 Å². The van der Waals surface area contributed by atoms with E-state index in [1.54, 1.807) is 24.1 Å². The summed E-state index contributed by atoms with van der Waals surface area (Å²) in [6, 6.07) is 7.37. The smallest absolute Gasteiger partial charge is 0.305 e. The monoisotopic (exact) mass is 315 g/mol. The van der Waals surface area contributed by atoms with Gasteiger partial charge in [0.2, 0.25) is 5.91 Å². The Hall–Kier alpha value is -1.20. The van der Waals surface area contributed by atoms with Gasteiger partial charge in [-0.15, -0.1) is 11.8 Å². The molecule has 0 fully saturated rings. The number of carbonyl (C=O) groups excluding carboxylic acids is 2. The molecular formula is C14H18ClNO3S. The number of methoxy groups -OCH3 is 1. The van der Waals surface area contributed by atoms with Gasteiger partial charge in [0.25, 0.3) is 0 Å². The molecule has 20 heavy (non-hydrogen) atoms. The van der Waals surface area contributed by atoms with Gasteiger partial charge in [-0.1, -0.05) is 11.6 Å². The molecule has 0 aromatic heterocycles. The van der Waals surface area contributed by atoms with Crippen LogP contribution >= 0.6 is 23.4 Å². The molecule has 0 aliphatic heterocycles. The summed E-state index contributed by atoms with van der Waals surface area (Å²) in [5.74, 6) is 0.160. The Morgan fingerprint density at radius 2 is 1.95 bits per heavy atom. The first-order valence-electron chi connectivity index (χ1n) is 6.22. The van der Waals surface area contributed by atoms with Gasteiger partial charge in [0.15, 0.2) is 0 Å². The second-order valence-electron chi connectivity index (χ2n) is 4.24. The van der Waals surface area contributed by atoms with Crippen LogP contribution in [0.3, 0.4) is 0 Å². The molecule has 0 heterocycles. The van der Waals surface area contributed by atoms with Gasteiger partial charge in [-0.25, -0.2) is 0 Å². The van der Waals surface area contributed by atoms with Crippen molar-refractivity contribution in [3.05, 3.63) is 29.3 Å². The van der Waals surface area contributed by atoms with Crippen LogP contribution in [0.2, 0.25) is 5.02 Å². The third-order valence-electron chi connectivity index (χ3n) is 2.70. The van der Waals surface area contributed by atoms with E-state index in [2.05, 4.69) is 4.74 Å². The molecule has 0 radical (unpaired) electrons. The maximum atomic E-state index is 11.9. The fraction of sp³-hybridized carbons (Fsp3) is 0.429. The average Bonchev–Trinajstić information content (AvgIpc) is 2.45. The standard InChI is InChI=1S/C14H18ClNO3S/c1-16(9-3-4-14(18)19-2)13(17)10-20-12-7-5-11(15)6-8-12/h5-8H,3-4,9-10H2,1-2H3. The molecule has 0 saturated heterocycles. The Balaban J connectivity index is 2.27. The minimum absolute atomic E-state index is 0.0369. The van der Waals surface area contributed by atoms with Gasteiger partial charge >= 0.3 is 5.97 Å². The fourth-order valence-corrected chi connectivity index (χ4v) is 2.44. The van der Waals surface area contributed by atoms with Crippen LogP contribution in [0, 0.1) is 0 Å². The molecule has 0 spiro atoms. The SMILES string of the molecule is COC(=O)CCCN(C)C(=O)CSc1ccc(Cl)cc1. The van der Waals surface area contributed by atoms with Gasteiger partial charge in [0.1, 0.15) is 0 Å². The highest BCUT2D eigenvalue weighted by atomic mass is 35.5. The number of hydrogen-bond donors (Lipinski definition) is 0. The normalized spacial score (nSPS) is 10.2. The third-order valence-corrected chi connectivity index (χ3v) is 3.95. The highest BCUT2D eigenvalue weighted by molar-refractivity contribution is 8.00. The Kier molecular flexibility index (Phi) is 7.47. The topological polar surface area (TPSA) is 46.6 Å². The summed E-state index contributed by atoms with van der Waals surface area (Å²) in [5.41, 5.74) is 0. The lowest BCUT2D eigenvalue weighted by Gasteiger charge is -2.16. The van der Waals surface area contributed by atoms with E-state index in [4.69, 9.17) is 11.6 Å². The van der Waals surface area contributed by atoms with Crippen LogP contribution in [-0.4, -0.2) is 43.2 Å². The van der Waals surface area contributed by atoms with Crippen LogP contribution in [0.1, 0.15) is 12.8 Å². The Morgan fingerprint density at radius 1 is 1.30 bits per heavy atom. The zero-order valence-corrected chi connectivity index (χ0v) is 13.2. The van der Waals surface area contributed by atoms with Crippen LogP contribution in [0.25, 0.3) is 0 Å². The maximum Gasteiger partial charge on any atom is 0.305 e. The van der Waals surface area contributed by atoms with Gasteiger partial charge in [-0.05, 0) is 30.7 Å². The lowest BCUT2D eigenvalue weighted by molar-refractivity contribution is -0.141. The average molecular weight is 316 g/mol. The van der Waals surface area contributed by atoms with E-state index < -0.39 is 0 Å². The summed E-state index contributed by atoms with van der Waals surface area (Å²) in [6.45, 7) is 0.551. The zero-order chi connectivity index (χ0) is 15.0. The van der Waals surface area contributed by atoms with E-state index in [0.717, 1.165) is 4.90 Å². The molecule has 110 valence electrons. The first-order valence-corrected chi connectivity index (χ1v) is 7.58. The molecule has 0 bridgehead atoms. The first-order chi connectivity index (χ1) is 9.52. The van der Waals surface area contributed by atoms with Gasteiger partial charge in [0, 0.05) is 29.9 Å². The number of amides is 1. The molecule has 0 aliphatic carbocycles. The number of carbonyl (C=O) groups is 2. The Bertz CT molecular complexity index is 450. The molecule has 0 N–H and O–H groups in total. The Morgan fingerprint density at radius 3 is 2.55 bits per heavy atom. The van der Waals surface area contributed by atoms with Gasteiger partial charge < -0.3 is 9.64 Å². The quantitative estimate of drug-likeness (QED) is 0.573. The number of halogens is 1. The van der Waals surface area contributed by atoms with Crippen molar-refractivity contribution in [1.29, 1.82) is 0 Å². The van der Waals surface area contributed by atoms with Gasteiger partial charge in [-0.3, -0.25) is 9.59 Å². The van der Waals surface area contributed by atoms with E-state index in [9.17, 15) is 9.59 Å². The number of nitrogens with zero attached hydrogens (tertiary/aromatic N) is 1. The molecule has 1 aromatic carbocycles. The second-order valence-corrected chi connectivity index (χ2v) is 5.72. The van der Waals surface area contributed by atoms with Crippen molar-refractivity contribution in [2.75, 3.05) is 26.5 Å². The van der Waals surface area contributed by atoms with Gasteiger partial charge in [0.05, 0.1) is 12.9 Å². The van der Waals surface area contributed by atoms with Crippen molar-refractivity contribution < 1.29 is 14.3 Å². The lowest BCUT2D eigenvalue weighted by Crippen LogP contribution is -2.29. The molecule has 0 saturated carbocycles. The predicted octanol–water partition coefficient (Wildman–Crippen LogP) is 2.84. The molecule has 4 nitrogen and oxygen atoms in total. The summed E-state index contributed by atoms with van der Waals surface area (Å²) in [5, 5.41) is 0.681. The van der Waals surface area contributed by atoms with Crippen molar-refractivity contribution in [3.8, 4) is 0 Å². The number of benzene rings is 1. The van der Waals surface area contributed by atoms with E-state index >= 15 is 0 Å². The minimum Gasteiger partial charge on any atom is -0.469 e. The summed E-state index contributed by atoms with van der Waals surface area (Å²) in [6.07, 6.45) is 0.943. The van der Waals surface area contributed by atoms with E-state index in [0.29, 0.717) is 30.2 Å². The summed E-state index contributed by atoms with van der Waals surface area (Å²) in [4.78, 5) is 25.5. The van der Waals surface area contributed by atoms with Crippen LogP contribution in [0.4, 0.5) is 0 Å². The number of thioether (sulfide) groups is 1. The molecule has 0 unspecified atom stereocenters.